The highest BCUT2D eigenvalue weighted by atomic mass is 19.2. The maximum atomic E-state index is 13.5. The van der Waals surface area contributed by atoms with E-state index in [-0.39, 0.29) is 18.1 Å². The summed E-state index contributed by atoms with van der Waals surface area (Å²) in [4.78, 5) is 26.5. The first kappa shape index (κ1) is 17.8. The van der Waals surface area contributed by atoms with Crippen LogP contribution in [0.2, 0.25) is 0 Å². The molecular formula is C19H19F2N3O2. The Hall–Kier alpha value is -2.96. The summed E-state index contributed by atoms with van der Waals surface area (Å²) < 4.78 is 29.5. The van der Waals surface area contributed by atoms with Gasteiger partial charge in [-0.15, -0.1) is 0 Å². The van der Waals surface area contributed by atoms with Gasteiger partial charge in [0.05, 0.1) is 17.1 Å². The van der Waals surface area contributed by atoms with Crippen molar-refractivity contribution in [3.63, 3.8) is 0 Å². The molecular weight excluding hydrogens is 340 g/mol. The van der Waals surface area contributed by atoms with Crippen LogP contribution in [0.15, 0.2) is 47.3 Å². The lowest BCUT2D eigenvalue weighted by atomic mass is 10.1. The number of carbonyl (C=O) groups is 1. The summed E-state index contributed by atoms with van der Waals surface area (Å²) in [5, 5.41) is 0. The van der Waals surface area contributed by atoms with E-state index in [0.717, 1.165) is 17.6 Å². The zero-order valence-corrected chi connectivity index (χ0v) is 14.7. The Morgan fingerprint density at radius 1 is 1.12 bits per heavy atom. The molecule has 1 unspecified atom stereocenters. The lowest BCUT2D eigenvalue weighted by Crippen LogP contribution is -2.35. The summed E-state index contributed by atoms with van der Waals surface area (Å²) >= 11 is 0. The van der Waals surface area contributed by atoms with Crippen LogP contribution in [0.1, 0.15) is 18.5 Å². The Labute approximate surface area is 149 Å². The number of imidazole rings is 1. The third-order valence-corrected chi connectivity index (χ3v) is 4.75. The number of aryl methyl sites for hydroxylation is 1. The lowest BCUT2D eigenvalue weighted by Gasteiger charge is -2.25. The average molecular weight is 359 g/mol. The normalized spacial score (nSPS) is 12.3. The highest BCUT2D eigenvalue weighted by Gasteiger charge is 2.21. The number of benzene rings is 2. The van der Waals surface area contributed by atoms with Crippen molar-refractivity contribution in [2.75, 3.05) is 7.05 Å². The molecule has 7 heteroatoms. The second-order valence-corrected chi connectivity index (χ2v) is 6.27. The predicted molar refractivity (Wildman–Crippen MR) is 94.7 cm³/mol. The van der Waals surface area contributed by atoms with E-state index in [9.17, 15) is 18.4 Å². The summed E-state index contributed by atoms with van der Waals surface area (Å²) in [6.45, 7) is 1.58. The van der Waals surface area contributed by atoms with Crippen molar-refractivity contribution in [1.82, 2.24) is 14.0 Å². The van der Waals surface area contributed by atoms with E-state index in [1.165, 1.54) is 20.1 Å². The molecule has 1 heterocycles. The minimum Gasteiger partial charge on any atom is -0.337 e. The number of rotatable bonds is 4. The van der Waals surface area contributed by atoms with Gasteiger partial charge >= 0.3 is 5.69 Å². The second kappa shape index (κ2) is 6.74. The van der Waals surface area contributed by atoms with Gasteiger partial charge in [0.1, 0.15) is 6.54 Å². The van der Waals surface area contributed by atoms with Gasteiger partial charge in [-0.05, 0) is 36.8 Å². The summed E-state index contributed by atoms with van der Waals surface area (Å²) in [6, 6.07) is 10.3. The van der Waals surface area contributed by atoms with Crippen molar-refractivity contribution in [3.05, 3.63) is 70.1 Å². The molecule has 1 amide bonds. The molecule has 3 rings (SSSR count). The molecule has 0 radical (unpaired) electrons. The van der Waals surface area contributed by atoms with Crippen molar-refractivity contribution >= 4 is 16.9 Å². The largest absolute Gasteiger partial charge is 0.337 e. The highest BCUT2D eigenvalue weighted by molar-refractivity contribution is 5.81. The van der Waals surface area contributed by atoms with Crippen molar-refractivity contribution in [3.8, 4) is 0 Å². The number of para-hydroxylation sites is 2. The summed E-state index contributed by atoms with van der Waals surface area (Å²) in [5.74, 6) is -2.20. The fourth-order valence-corrected chi connectivity index (χ4v) is 2.97. The lowest BCUT2D eigenvalue weighted by molar-refractivity contribution is -0.132. The van der Waals surface area contributed by atoms with Crippen LogP contribution in [0, 0.1) is 11.6 Å². The average Bonchev–Trinajstić information content (AvgIpc) is 2.88. The molecule has 1 aromatic heterocycles. The van der Waals surface area contributed by atoms with Gasteiger partial charge in [-0.2, -0.15) is 0 Å². The van der Waals surface area contributed by atoms with Crippen molar-refractivity contribution < 1.29 is 13.6 Å². The number of hydrogen-bond acceptors (Lipinski definition) is 2. The van der Waals surface area contributed by atoms with E-state index in [1.54, 1.807) is 33.2 Å². The second-order valence-electron chi connectivity index (χ2n) is 6.27. The van der Waals surface area contributed by atoms with E-state index in [2.05, 4.69) is 0 Å². The number of likely N-dealkylation sites (N-methyl/N-ethyl adjacent to an activating group) is 1. The Bertz CT molecular complexity index is 1040. The Morgan fingerprint density at radius 3 is 2.42 bits per heavy atom. The molecule has 0 N–H and O–H groups in total. The molecule has 0 saturated heterocycles. The van der Waals surface area contributed by atoms with Gasteiger partial charge in [-0.25, -0.2) is 13.6 Å². The molecule has 0 aliphatic heterocycles. The molecule has 0 aliphatic carbocycles. The monoisotopic (exact) mass is 359 g/mol. The molecule has 26 heavy (non-hydrogen) atoms. The minimum atomic E-state index is -0.958. The molecule has 0 fully saturated rings. The molecule has 3 aromatic rings. The maximum absolute atomic E-state index is 13.5. The van der Waals surface area contributed by atoms with E-state index < -0.39 is 17.7 Å². The van der Waals surface area contributed by atoms with Gasteiger partial charge < -0.3 is 4.90 Å². The Kier molecular flexibility index (Phi) is 4.63. The first-order valence-corrected chi connectivity index (χ1v) is 8.16. The number of carbonyl (C=O) groups excluding carboxylic acids is 1. The fourth-order valence-electron chi connectivity index (χ4n) is 2.97. The van der Waals surface area contributed by atoms with Crippen molar-refractivity contribution in [2.45, 2.75) is 19.5 Å². The molecule has 0 saturated carbocycles. The smallest absolute Gasteiger partial charge is 0.329 e. The van der Waals surface area contributed by atoms with Crippen LogP contribution in [0.3, 0.4) is 0 Å². The van der Waals surface area contributed by atoms with Crippen LogP contribution in [-0.2, 0) is 18.4 Å². The number of halogens is 2. The summed E-state index contributed by atoms with van der Waals surface area (Å²) in [5.41, 5.74) is 1.60. The Morgan fingerprint density at radius 2 is 1.77 bits per heavy atom. The fraction of sp³-hybridized carbons (Fsp3) is 0.263. The number of aromatic nitrogens is 2. The third kappa shape index (κ3) is 3.00. The third-order valence-electron chi connectivity index (χ3n) is 4.75. The summed E-state index contributed by atoms with van der Waals surface area (Å²) in [6.07, 6.45) is 0. The number of hydrogen-bond donors (Lipinski definition) is 0. The van der Waals surface area contributed by atoms with Crippen molar-refractivity contribution in [1.29, 1.82) is 0 Å². The molecule has 136 valence electrons. The first-order valence-electron chi connectivity index (χ1n) is 8.16. The zero-order valence-electron chi connectivity index (χ0n) is 14.7. The maximum Gasteiger partial charge on any atom is 0.329 e. The van der Waals surface area contributed by atoms with Gasteiger partial charge in [0.25, 0.3) is 0 Å². The first-order chi connectivity index (χ1) is 12.3. The molecule has 5 nitrogen and oxygen atoms in total. The van der Waals surface area contributed by atoms with Gasteiger partial charge in [0.2, 0.25) is 5.91 Å². The molecule has 0 bridgehead atoms. The number of nitrogens with zero attached hydrogens (tertiary/aromatic N) is 3. The standard InChI is InChI=1S/C19H19F2N3O2/c1-12(13-8-9-14(20)15(21)10-13)22(2)18(25)11-24-17-7-5-4-6-16(17)23(3)19(24)26/h4-10,12H,11H2,1-3H3. The van der Waals surface area contributed by atoms with E-state index in [4.69, 9.17) is 0 Å². The van der Waals surface area contributed by atoms with Crippen LogP contribution >= 0.6 is 0 Å². The van der Waals surface area contributed by atoms with E-state index >= 15 is 0 Å². The van der Waals surface area contributed by atoms with Gasteiger partial charge in [0.15, 0.2) is 11.6 Å². The van der Waals surface area contributed by atoms with Crippen molar-refractivity contribution in [2.24, 2.45) is 7.05 Å². The van der Waals surface area contributed by atoms with Crippen LogP contribution in [0.5, 0.6) is 0 Å². The van der Waals surface area contributed by atoms with Gasteiger partial charge in [-0.1, -0.05) is 18.2 Å². The minimum absolute atomic E-state index is 0.134. The molecule has 0 aliphatic rings. The van der Waals surface area contributed by atoms with E-state index in [0.29, 0.717) is 11.1 Å². The zero-order chi connectivity index (χ0) is 19.0. The highest BCUT2D eigenvalue weighted by Crippen LogP contribution is 2.21. The van der Waals surface area contributed by atoms with Crippen LogP contribution in [-0.4, -0.2) is 27.0 Å². The van der Waals surface area contributed by atoms with Crippen LogP contribution < -0.4 is 5.69 Å². The van der Waals surface area contributed by atoms with Gasteiger partial charge in [-0.3, -0.25) is 13.9 Å². The predicted octanol–water partition coefficient (Wildman–Crippen LogP) is 2.84. The van der Waals surface area contributed by atoms with E-state index in [1.807, 2.05) is 12.1 Å². The SMILES string of the molecule is CC(c1ccc(F)c(F)c1)N(C)C(=O)Cn1c(=O)n(C)c2ccccc21. The summed E-state index contributed by atoms with van der Waals surface area (Å²) in [7, 11) is 3.23. The number of amides is 1. The topological polar surface area (TPSA) is 47.2 Å². The number of fused-ring (bicyclic) bond motifs is 1. The van der Waals surface area contributed by atoms with Crippen LogP contribution in [0.25, 0.3) is 11.0 Å². The Balaban J connectivity index is 1.87. The molecule has 2 aromatic carbocycles. The molecule has 1 atom stereocenters. The van der Waals surface area contributed by atoms with Crippen LogP contribution in [0.4, 0.5) is 8.78 Å². The quantitative estimate of drug-likeness (QED) is 0.719. The molecule has 0 spiro atoms. The van der Waals surface area contributed by atoms with Gasteiger partial charge in [0, 0.05) is 14.1 Å².